The number of hydrogen-bond acceptors (Lipinski definition) is 3. The van der Waals surface area contributed by atoms with Gasteiger partial charge in [0.1, 0.15) is 11.6 Å². The van der Waals surface area contributed by atoms with E-state index in [2.05, 4.69) is 10.3 Å². The number of aromatic nitrogens is 1. The first-order valence-corrected chi connectivity index (χ1v) is 8.32. The number of amides is 1. The Kier molecular flexibility index (Phi) is 5.71. The summed E-state index contributed by atoms with van der Waals surface area (Å²) in [5.41, 5.74) is 1.49. The van der Waals surface area contributed by atoms with Crippen LogP contribution in [0, 0.1) is 17.6 Å². The molecule has 6 heteroatoms. The van der Waals surface area contributed by atoms with Crippen LogP contribution in [0.15, 0.2) is 42.7 Å². The number of carbonyl (C=O) groups excluding carboxylic acids is 1. The molecule has 1 aromatic carbocycles. The molecule has 1 fully saturated rings. The lowest BCUT2D eigenvalue weighted by Gasteiger charge is -2.19. The molecule has 1 aliphatic heterocycles. The number of nitrogens with one attached hydrogen (secondary N) is 1. The van der Waals surface area contributed by atoms with Gasteiger partial charge < -0.3 is 10.1 Å². The highest BCUT2D eigenvalue weighted by Crippen LogP contribution is 2.19. The van der Waals surface area contributed by atoms with Crippen LogP contribution in [0.3, 0.4) is 0 Å². The second kappa shape index (κ2) is 8.16. The molecule has 1 aromatic heterocycles. The largest absolute Gasteiger partial charge is 0.379 e. The van der Waals surface area contributed by atoms with E-state index in [4.69, 9.17) is 4.74 Å². The van der Waals surface area contributed by atoms with Crippen LogP contribution in [0.5, 0.6) is 0 Å². The van der Waals surface area contributed by atoms with Crippen molar-refractivity contribution >= 4 is 5.91 Å². The molecule has 0 unspecified atom stereocenters. The van der Waals surface area contributed by atoms with E-state index < -0.39 is 11.6 Å². The maximum atomic E-state index is 13.6. The number of benzene rings is 1. The summed E-state index contributed by atoms with van der Waals surface area (Å²) in [6, 6.07) is 7.26. The Morgan fingerprint density at radius 3 is 2.76 bits per heavy atom. The summed E-state index contributed by atoms with van der Waals surface area (Å²) >= 11 is 0. The lowest BCUT2D eigenvalue weighted by Crippen LogP contribution is -2.40. The summed E-state index contributed by atoms with van der Waals surface area (Å²) in [5.74, 6) is -1.19. The summed E-state index contributed by atoms with van der Waals surface area (Å²) in [4.78, 5) is 16.2. The van der Waals surface area contributed by atoms with Gasteiger partial charge in [0.05, 0.1) is 19.3 Å². The van der Waals surface area contributed by atoms with Crippen LogP contribution in [-0.4, -0.2) is 30.1 Å². The van der Waals surface area contributed by atoms with Crippen molar-refractivity contribution in [1.82, 2.24) is 10.3 Å². The van der Waals surface area contributed by atoms with Gasteiger partial charge in [-0.3, -0.25) is 9.78 Å². The minimum absolute atomic E-state index is 0.0567. The van der Waals surface area contributed by atoms with Gasteiger partial charge in [0.25, 0.3) is 0 Å². The summed E-state index contributed by atoms with van der Waals surface area (Å²) in [6.07, 6.45) is 4.69. The first-order valence-electron chi connectivity index (χ1n) is 8.32. The van der Waals surface area contributed by atoms with Gasteiger partial charge in [-0.25, -0.2) is 8.78 Å². The summed E-state index contributed by atoms with van der Waals surface area (Å²) in [7, 11) is 0. The van der Waals surface area contributed by atoms with Crippen LogP contribution < -0.4 is 5.32 Å². The summed E-state index contributed by atoms with van der Waals surface area (Å²) < 4.78 is 32.0. The van der Waals surface area contributed by atoms with E-state index in [0.29, 0.717) is 18.8 Å². The molecule has 3 rings (SSSR count). The SMILES string of the molecule is O=C(CCc1ccc(F)cc1F)N[C@@H]1COC[C@H]1Cc1ccncc1. The maximum Gasteiger partial charge on any atom is 0.220 e. The second-order valence-corrected chi connectivity index (χ2v) is 6.27. The van der Waals surface area contributed by atoms with Crippen molar-refractivity contribution in [2.75, 3.05) is 13.2 Å². The third-order valence-electron chi connectivity index (χ3n) is 4.43. The highest BCUT2D eigenvalue weighted by molar-refractivity contribution is 5.76. The van der Waals surface area contributed by atoms with E-state index in [0.717, 1.165) is 18.1 Å². The van der Waals surface area contributed by atoms with Crippen molar-refractivity contribution < 1.29 is 18.3 Å². The maximum absolute atomic E-state index is 13.6. The predicted octanol–water partition coefficient (Wildman–Crippen LogP) is 2.67. The summed E-state index contributed by atoms with van der Waals surface area (Å²) in [5, 5.41) is 2.97. The molecule has 2 atom stereocenters. The van der Waals surface area contributed by atoms with E-state index in [9.17, 15) is 13.6 Å². The Morgan fingerprint density at radius 1 is 1.20 bits per heavy atom. The summed E-state index contributed by atoms with van der Waals surface area (Å²) in [6.45, 7) is 1.08. The number of carbonyl (C=O) groups is 1. The molecule has 1 N–H and O–H groups in total. The van der Waals surface area contributed by atoms with Gasteiger partial charge in [0, 0.05) is 30.8 Å². The van der Waals surface area contributed by atoms with Crippen LogP contribution in [-0.2, 0) is 22.4 Å². The highest BCUT2D eigenvalue weighted by atomic mass is 19.1. The van der Waals surface area contributed by atoms with Gasteiger partial charge in [0.15, 0.2) is 0 Å². The quantitative estimate of drug-likeness (QED) is 0.875. The number of halogens is 2. The molecule has 25 heavy (non-hydrogen) atoms. The lowest BCUT2D eigenvalue weighted by molar-refractivity contribution is -0.122. The highest BCUT2D eigenvalue weighted by Gasteiger charge is 2.29. The minimum atomic E-state index is -0.618. The fourth-order valence-corrected chi connectivity index (χ4v) is 3.03. The van der Waals surface area contributed by atoms with Gasteiger partial charge >= 0.3 is 0 Å². The van der Waals surface area contributed by atoms with Gasteiger partial charge in [-0.2, -0.15) is 0 Å². The van der Waals surface area contributed by atoms with Crippen molar-refractivity contribution in [3.8, 4) is 0 Å². The molecule has 0 spiro atoms. The molecule has 4 nitrogen and oxygen atoms in total. The molecule has 1 aliphatic rings. The van der Waals surface area contributed by atoms with Crippen LogP contribution in [0.2, 0.25) is 0 Å². The van der Waals surface area contributed by atoms with E-state index in [1.165, 1.54) is 12.1 Å². The molecule has 0 aliphatic carbocycles. The Bertz CT molecular complexity index is 725. The number of ether oxygens (including phenoxy) is 1. The number of rotatable bonds is 6. The van der Waals surface area contributed by atoms with Crippen molar-refractivity contribution in [2.24, 2.45) is 5.92 Å². The molecule has 0 saturated carbocycles. The molecule has 0 bridgehead atoms. The molecule has 1 saturated heterocycles. The van der Waals surface area contributed by atoms with Crippen molar-refractivity contribution in [3.05, 3.63) is 65.5 Å². The normalized spacial score (nSPS) is 19.8. The van der Waals surface area contributed by atoms with Crippen LogP contribution >= 0.6 is 0 Å². The van der Waals surface area contributed by atoms with E-state index in [-0.39, 0.29) is 30.7 Å². The van der Waals surface area contributed by atoms with E-state index in [1.807, 2.05) is 12.1 Å². The zero-order valence-electron chi connectivity index (χ0n) is 13.8. The molecule has 1 amide bonds. The van der Waals surface area contributed by atoms with Crippen molar-refractivity contribution in [1.29, 1.82) is 0 Å². The number of pyridine rings is 1. The molecule has 2 aromatic rings. The monoisotopic (exact) mass is 346 g/mol. The van der Waals surface area contributed by atoms with Crippen LogP contribution in [0.4, 0.5) is 8.78 Å². The van der Waals surface area contributed by atoms with Gasteiger partial charge in [0.2, 0.25) is 5.91 Å². The second-order valence-electron chi connectivity index (χ2n) is 6.27. The minimum Gasteiger partial charge on any atom is -0.379 e. The number of aryl methyl sites for hydroxylation is 1. The molecular formula is C19H20F2N2O2. The smallest absolute Gasteiger partial charge is 0.220 e. The van der Waals surface area contributed by atoms with Crippen LogP contribution in [0.25, 0.3) is 0 Å². The van der Waals surface area contributed by atoms with E-state index in [1.54, 1.807) is 12.4 Å². The first-order chi connectivity index (χ1) is 12.1. The fraction of sp³-hybridized carbons (Fsp3) is 0.368. The predicted molar refractivity (Wildman–Crippen MR) is 88.9 cm³/mol. The topological polar surface area (TPSA) is 51.2 Å². The Balaban J connectivity index is 1.51. The van der Waals surface area contributed by atoms with Gasteiger partial charge in [-0.1, -0.05) is 6.07 Å². The molecular weight excluding hydrogens is 326 g/mol. The third-order valence-corrected chi connectivity index (χ3v) is 4.43. The average molecular weight is 346 g/mol. The number of hydrogen-bond donors (Lipinski definition) is 1. The third kappa shape index (κ3) is 4.82. The zero-order chi connectivity index (χ0) is 17.6. The van der Waals surface area contributed by atoms with Crippen LogP contribution in [0.1, 0.15) is 17.5 Å². The standard InChI is InChI=1S/C19H20F2N2O2/c20-16-3-1-14(17(21)10-16)2-4-19(24)23-18-12-25-11-15(18)9-13-5-7-22-8-6-13/h1,3,5-8,10,15,18H,2,4,9,11-12H2,(H,23,24)/t15-,18-/m1/s1. The Morgan fingerprint density at radius 2 is 2.00 bits per heavy atom. The average Bonchev–Trinajstić information content (AvgIpc) is 3.02. The first kappa shape index (κ1) is 17.5. The lowest BCUT2D eigenvalue weighted by atomic mass is 9.95. The molecule has 0 radical (unpaired) electrons. The Hall–Kier alpha value is -2.34. The van der Waals surface area contributed by atoms with Crippen molar-refractivity contribution in [2.45, 2.75) is 25.3 Å². The van der Waals surface area contributed by atoms with E-state index >= 15 is 0 Å². The van der Waals surface area contributed by atoms with Crippen molar-refractivity contribution in [3.63, 3.8) is 0 Å². The Labute approximate surface area is 145 Å². The zero-order valence-corrected chi connectivity index (χ0v) is 13.8. The molecule has 2 heterocycles. The number of nitrogens with zero attached hydrogens (tertiary/aromatic N) is 1. The van der Waals surface area contributed by atoms with Gasteiger partial charge in [-0.05, 0) is 42.2 Å². The van der Waals surface area contributed by atoms with Gasteiger partial charge in [-0.15, -0.1) is 0 Å². The molecule has 132 valence electrons. The fourth-order valence-electron chi connectivity index (χ4n) is 3.03.